The van der Waals surface area contributed by atoms with Crippen LogP contribution in [-0.2, 0) is 9.59 Å². The highest BCUT2D eigenvalue weighted by molar-refractivity contribution is 7.99. The summed E-state index contributed by atoms with van der Waals surface area (Å²) in [4.78, 5) is 22.2. The molecule has 1 saturated heterocycles. The fraction of sp³-hybridized carbons (Fsp3) is 0.750. The van der Waals surface area contributed by atoms with Crippen LogP contribution in [0.3, 0.4) is 0 Å². The molecule has 0 aromatic rings. The molecule has 3 N–H and O–H groups in total. The van der Waals surface area contributed by atoms with Gasteiger partial charge in [0, 0.05) is 13.0 Å². The van der Waals surface area contributed by atoms with Gasteiger partial charge in [-0.3, -0.25) is 9.59 Å². The standard InChI is InChI=1S/C12H21N2O2S/c1-9(6-11(13)15)7-12(16)14-8-10-2-4-17-5-3-10/h7,9-10H,2-6,8H2,1H3,(H2,13,15)(H,14,16)/t9-/m1/s1. The lowest BCUT2D eigenvalue weighted by molar-refractivity contribution is -0.119. The summed E-state index contributed by atoms with van der Waals surface area (Å²) in [6.07, 6.45) is 4.14. The highest BCUT2D eigenvalue weighted by Crippen LogP contribution is 2.21. The second-order valence-corrected chi connectivity index (χ2v) is 5.84. The molecule has 1 fully saturated rings. The zero-order valence-electron chi connectivity index (χ0n) is 10.3. The zero-order valence-corrected chi connectivity index (χ0v) is 11.1. The molecule has 17 heavy (non-hydrogen) atoms. The number of rotatable bonds is 6. The summed E-state index contributed by atoms with van der Waals surface area (Å²) in [6.45, 7) is 2.57. The van der Waals surface area contributed by atoms with Crippen molar-refractivity contribution >= 4 is 23.6 Å². The van der Waals surface area contributed by atoms with Gasteiger partial charge in [0.2, 0.25) is 11.8 Å². The van der Waals surface area contributed by atoms with Gasteiger partial charge >= 0.3 is 0 Å². The molecule has 0 aromatic carbocycles. The van der Waals surface area contributed by atoms with Crippen LogP contribution in [0.2, 0.25) is 0 Å². The molecule has 2 amide bonds. The largest absolute Gasteiger partial charge is 0.370 e. The van der Waals surface area contributed by atoms with E-state index in [9.17, 15) is 9.59 Å². The van der Waals surface area contributed by atoms with E-state index in [2.05, 4.69) is 5.32 Å². The third kappa shape index (κ3) is 6.56. The Hall–Kier alpha value is -0.710. The average molecular weight is 257 g/mol. The fourth-order valence-electron chi connectivity index (χ4n) is 1.89. The molecule has 0 saturated carbocycles. The lowest BCUT2D eigenvalue weighted by Gasteiger charge is -2.21. The van der Waals surface area contributed by atoms with Crippen molar-refractivity contribution < 1.29 is 9.59 Å². The maximum absolute atomic E-state index is 11.6. The first-order chi connectivity index (χ1) is 8.08. The van der Waals surface area contributed by atoms with Gasteiger partial charge in [0.05, 0.1) is 6.42 Å². The zero-order chi connectivity index (χ0) is 12.7. The van der Waals surface area contributed by atoms with Crippen LogP contribution in [0, 0.1) is 18.3 Å². The first kappa shape index (κ1) is 14.4. The van der Waals surface area contributed by atoms with Gasteiger partial charge in [0.1, 0.15) is 0 Å². The Balaban J connectivity index is 2.13. The van der Waals surface area contributed by atoms with Crippen LogP contribution in [0.15, 0.2) is 0 Å². The molecule has 97 valence electrons. The van der Waals surface area contributed by atoms with Gasteiger partial charge in [-0.15, -0.1) is 0 Å². The lowest BCUT2D eigenvalue weighted by Crippen LogP contribution is -2.32. The molecule has 1 heterocycles. The summed E-state index contributed by atoms with van der Waals surface area (Å²) >= 11 is 1.98. The van der Waals surface area contributed by atoms with Crippen molar-refractivity contribution in [1.82, 2.24) is 5.32 Å². The third-order valence-corrected chi connectivity index (χ3v) is 3.91. The molecule has 5 heteroatoms. The molecule has 0 aromatic heterocycles. The Bertz CT molecular complexity index is 265. The monoisotopic (exact) mass is 257 g/mol. The Morgan fingerprint density at radius 1 is 1.47 bits per heavy atom. The predicted octanol–water partition coefficient (Wildman–Crippen LogP) is 0.962. The first-order valence-corrected chi connectivity index (χ1v) is 7.22. The van der Waals surface area contributed by atoms with Gasteiger partial charge in [-0.25, -0.2) is 0 Å². The normalized spacial score (nSPS) is 18.6. The molecular weight excluding hydrogens is 236 g/mol. The Morgan fingerprint density at radius 2 is 2.12 bits per heavy atom. The van der Waals surface area contributed by atoms with Gasteiger partial charge in [-0.1, -0.05) is 6.92 Å². The fourth-order valence-corrected chi connectivity index (χ4v) is 3.09. The molecule has 1 atom stereocenters. The van der Waals surface area contributed by atoms with Crippen molar-refractivity contribution in [2.24, 2.45) is 17.6 Å². The van der Waals surface area contributed by atoms with E-state index in [1.165, 1.54) is 24.3 Å². The SMILES string of the molecule is C[C@@H]([CH]C(=O)NCC1CCSCC1)CC(N)=O. The second-order valence-electron chi connectivity index (χ2n) is 4.62. The number of primary amides is 1. The smallest absolute Gasteiger partial charge is 0.224 e. The Morgan fingerprint density at radius 3 is 2.71 bits per heavy atom. The topological polar surface area (TPSA) is 72.2 Å². The molecule has 4 nitrogen and oxygen atoms in total. The molecule has 0 spiro atoms. The number of carbonyl (C=O) groups excluding carboxylic acids is 2. The summed E-state index contributed by atoms with van der Waals surface area (Å²) in [5, 5.41) is 2.90. The maximum atomic E-state index is 11.6. The maximum Gasteiger partial charge on any atom is 0.224 e. The van der Waals surface area contributed by atoms with E-state index in [4.69, 9.17) is 5.73 Å². The summed E-state index contributed by atoms with van der Waals surface area (Å²) in [6, 6.07) is 0. The van der Waals surface area contributed by atoms with E-state index in [1.54, 1.807) is 6.42 Å². The van der Waals surface area contributed by atoms with Crippen LogP contribution >= 0.6 is 11.8 Å². The molecule has 1 rings (SSSR count). The van der Waals surface area contributed by atoms with Gasteiger partial charge in [-0.05, 0) is 36.2 Å². The third-order valence-electron chi connectivity index (χ3n) is 2.86. The van der Waals surface area contributed by atoms with E-state index in [0.717, 1.165) is 6.54 Å². The number of carbonyl (C=O) groups is 2. The molecule has 1 aliphatic heterocycles. The van der Waals surface area contributed by atoms with Crippen molar-refractivity contribution in [2.75, 3.05) is 18.1 Å². The molecular formula is C12H21N2O2S. The van der Waals surface area contributed by atoms with Gasteiger partial charge in [0.25, 0.3) is 0 Å². The van der Waals surface area contributed by atoms with E-state index in [1.807, 2.05) is 18.7 Å². The highest BCUT2D eigenvalue weighted by Gasteiger charge is 2.16. The summed E-state index contributed by atoms with van der Waals surface area (Å²) < 4.78 is 0. The number of nitrogens with two attached hydrogens (primary N) is 1. The minimum absolute atomic E-state index is 0.0861. The molecule has 1 radical (unpaired) electrons. The lowest BCUT2D eigenvalue weighted by atomic mass is 10.0. The van der Waals surface area contributed by atoms with Gasteiger partial charge in [-0.2, -0.15) is 11.8 Å². The summed E-state index contributed by atoms with van der Waals surface area (Å²) in [7, 11) is 0. The molecule has 0 aliphatic carbocycles. The Labute approximate surface area is 107 Å². The second kappa shape index (κ2) is 7.58. The van der Waals surface area contributed by atoms with E-state index in [0.29, 0.717) is 5.92 Å². The Kier molecular flexibility index (Phi) is 6.40. The van der Waals surface area contributed by atoms with Crippen molar-refractivity contribution in [3.05, 3.63) is 6.42 Å². The van der Waals surface area contributed by atoms with Gasteiger partial charge < -0.3 is 11.1 Å². The number of amides is 2. The van der Waals surface area contributed by atoms with Crippen molar-refractivity contribution in [1.29, 1.82) is 0 Å². The summed E-state index contributed by atoms with van der Waals surface area (Å²) in [5.74, 6) is 2.46. The molecule has 0 bridgehead atoms. The van der Waals surface area contributed by atoms with Crippen LogP contribution in [0.25, 0.3) is 0 Å². The quantitative estimate of drug-likeness (QED) is 0.744. The van der Waals surface area contributed by atoms with E-state index < -0.39 is 0 Å². The van der Waals surface area contributed by atoms with Crippen LogP contribution < -0.4 is 11.1 Å². The van der Waals surface area contributed by atoms with Crippen LogP contribution in [0.1, 0.15) is 26.2 Å². The van der Waals surface area contributed by atoms with Crippen molar-refractivity contribution in [3.8, 4) is 0 Å². The number of hydrogen-bond acceptors (Lipinski definition) is 3. The van der Waals surface area contributed by atoms with Gasteiger partial charge in [0.15, 0.2) is 0 Å². The van der Waals surface area contributed by atoms with Crippen molar-refractivity contribution in [3.63, 3.8) is 0 Å². The minimum Gasteiger partial charge on any atom is -0.370 e. The van der Waals surface area contributed by atoms with E-state index in [-0.39, 0.29) is 24.2 Å². The van der Waals surface area contributed by atoms with E-state index >= 15 is 0 Å². The number of thioether (sulfide) groups is 1. The van der Waals surface area contributed by atoms with Crippen LogP contribution in [0.4, 0.5) is 0 Å². The number of hydrogen-bond donors (Lipinski definition) is 2. The molecule has 0 unspecified atom stereocenters. The number of nitrogens with one attached hydrogen (secondary N) is 1. The predicted molar refractivity (Wildman–Crippen MR) is 70.3 cm³/mol. The minimum atomic E-state index is -0.370. The van der Waals surface area contributed by atoms with Crippen LogP contribution in [0.5, 0.6) is 0 Å². The molecule has 1 aliphatic rings. The van der Waals surface area contributed by atoms with Crippen molar-refractivity contribution in [2.45, 2.75) is 26.2 Å². The summed E-state index contributed by atoms with van der Waals surface area (Å²) in [5.41, 5.74) is 5.07. The van der Waals surface area contributed by atoms with Crippen LogP contribution in [-0.4, -0.2) is 29.9 Å². The first-order valence-electron chi connectivity index (χ1n) is 6.06. The highest BCUT2D eigenvalue weighted by atomic mass is 32.2. The average Bonchev–Trinajstić information content (AvgIpc) is 2.26.